The number of amides is 1. The Kier molecular flexibility index (Phi) is 5.33. The van der Waals surface area contributed by atoms with E-state index >= 15 is 0 Å². The van der Waals surface area contributed by atoms with Crippen LogP contribution in [0.25, 0.3) is 11.5 Å². The summed E-state index contributed by atoms with van der Waals surface area (Å²) in [7, 11) is 0. The second kappa shape index (κ2) is 8.39. The average molecular weight is 385 g/mol. The summed E-state index contributed by atoms with van der Waals surface area (Å²) in [6.07, 6.45) is 0.479. The van der Waals surface area contributed by atoms with Crippen molar-refractivity contribution in [3.63, 3.8) is 0 Å². The lowest BCUT2D eigenvalue weighted by molar-refractivity contribution is -0.123. The molecule has 0 aliphatic rings. The van der Waals surface area contributed by atoms with Crippen molar-refractivity contribution in [1.29, 1.82) is 0 Å². The van der Waals surface area contributed by atoms with Crippen LogP contribution in [0.5, 0.6) is 5.75 Å². The molecule has 1 atom stereocenters. The molecule has 6 heteroatoms. The zero-order chi connectivity index (χ0) is 20.1. The first-order valence-electron chi connectivity index (χ1n) is 9.15. The molecule has 0 bridgehead atoms. The van der Waals surface area contributed by atoms with Gasteiger partial charge in [0.2, 0.25) is 18.4 Å². The number of hydrogen-bond acceptors (Lipinski definition) is 5. The van der Waals surface area contributed by atoms with E-state index < -0.39 is 6.10 Å². The maximum Gasteiger partial charge on any atom is 0.270 e. The minimum Gasteiger partial charge on any atom is -0.476 e. The molecule has 1 N–H and O–H groups in total. The van der Waals surface area contributed by atoms with Crippen LogP contribution >= 0.6 is 0 Å². The van der Waals surface area contributed by atoms with Gasteiger partial charge in [0, 0.05) is 16.8 Å². The molecule has 1 aromatic heterocycles. The van der Waals surface area contributed by atoms with Gasteiger partial charge in [-0.05, 0) is 43.3 Å². The van der Waals surface area contributed by atoms with Gasteiger partial charge in [-0.25, -0.2) is 0 Å². The predicted molar refractivity (Wildman–Crippen MR) is 109 cm³/mol. The fraction of sp³-hybridized carbons (Fsp3) is 0.0870. The molecule has 0 saturated heterocycles. The third kappa shape index (κ3) is 4.50. The molecule has 0 aliphatic carbocycles. The molecule has 4 rings (SSSR count). The molecule has 1 amide bonds. The molecule has 6 nitrogen and oxygen atoms in total. The second-order valence-corrected chi connectivity index (χ2v) is 6.53. The van der Waals surface area contributed by atoms with Crippen LogP contribution in [-0.4, -0.2) is 16.1 Å². The summed E-state index contributed by atoms with van der Waals surface area (Å²) in [5, 5.41) is 10.5. The van der Waals surface area contributed by atoms with Crippen molar-refractivity contribution in [2.75, 3.05) is 5.32 Å². The number of carbonyl (C=O) groups excluding carboxylic acids is 1. The summed E-state index contributed by atoms with van der Waals surface area (Å²) in [6, 6.07) is 24.2. The smallest absolute Gasteiger partial charge is 0.270 e. The lowest BCUT2D eigenvalue weighted by atomic mass is 10.1. The summed E-state index contributed by atoms with van der Waals surface area (Å²) in [5.41, 5.74) is 3.38. The molecule has 0 unspecified atom stereocenters. The number of nitrogens with zero attached hydrogens (tertiary/aromatic N) is 2. The molecule has 0 radical (unpaired) electrons. The summed E-state index contributed by atoms with van der Waals surface area (Å²) >= 11 is 0. The minimum absolute atomic E-state index is 0.249. The van der Waals surface area contributed by atoms with Gasteiger partial charge in [0.25, 0.3) is 5.91 Å². The Bertz CT molecular complexity index is 1060. The van der Waals surface area contributed by atoms with E-state index in [1.54, 1.807) is 12.1 Å². The lowest BCUT2D eigenvalue weighted by Gasteiger charge is -2.19. The zero-order valence-corrected chi connectivity index (χ0v) is 15.8. The Morgan fingerprint density at radius 1 is 0.966 bits per heavy atom. The fourth-order valence-electron chi connectivity index (χ4n) is 2.86. The molecule has 29 heavy (non-hydrogen) atoms. The van der Waals surface area contributed by atoms with Crippen molar-refractivity contribution in [1.82, 2.24) is 10.2 Å². The third-order valence-electron chi connectivity index (χ3n) is 4.37. The van der Waals surface area contributed by atoms with Gasteiger partial charge in [-0.1, -0.05) is 48.0 Å². The normalized spacial score (nSPS) is 11.6. The third-order valence-corrected chi connectivity index (χ3v) is 4.37. The van der Waals surface area contributed by atoms with Crippen LogP contribution in [0, 0.1) is 6.92 Å². The Morgan fingerprint density at radius 2 is 1.69 bits per heavy atom. The Hall–Kier alpha value is -3.93. The highest BCUT2D eigenvalue weighted by Gasteiger charge is 2.23. The molecular formula is C23H19N3O3. The first-order chi connectivity index (χ1) is 14.2. The first kappa shape index (κ1) is 18.4. The quantitative estimate of drug-likeness (QED) is 0.516. The highest BCUT2D eigenvalue weighted by atomic mass is 16.5. The van der Waals surface area contributed by atoms with Gasteiger partial charge in [0.15, 0.2) is 0 Å². The maximum atomic E-state index is 13.0. The van der Waals surface area contributed by atoms with Crippen LogP contribution in [0.4, 0.5) is 5.69 Å². The van der Waals surface area contributed by atoms with Crippen molar-refractivity contribution >= 4 is 11.6 Å². The summed E-state index contributed by atoms with van der Waals surface area (Å²) in [6.45, 7) is 2.00. The number of ether oxygens (including phenoxy) is 1. The molecule has 0 spiro atoms. The van der Waals surface area contributed by atoms with E-state index in [9.17, 15) is 4.79 Å². The van der Waals surface area contributed by atoms with Gasteiger partial charge in [-0.2, -0.15) is 0 Å². The van der Waals surface area contributed by atoms with Crippen LogP contribution in [0.15, 0.2) is 89.7 Å². The molecular weight excluding hydrogens is 366 g/mol. The predicted octanol–water partition coefficient (Wildman–Crippen LogP) is 4.80. The number of rotatable bonds is 6. The number of anilines is 1. The fourth-order valence-corrected chi connectivity index (χ4v) is 2.86. The van der Waals surface area contributed by atoms with Gasteiger partial charge in [-0.15, -0.1) is 10.2 Å². The van der Waals surface area contributed by atoms with Crippen LogP contribution in [-0.2, 0) is 4.79 Å². The van der Waals surface area contributed by atoms with Crippen LogP contribution in [0.1, 0.15) is 17.2 Å². The van der Waals surface area contributed by atoms with Crippen LogP contribution < -0.4 is 10.1 Å². The number of carbonyl (C=O) groups is 1. The van der Waals surface area contributed by atoms with E-state index in [1.165, 1.54) is 6.39 Å². The van der Waals surface area contributed by atoms with Gasteiger partial charge >= 0.3 is 0 Å². The summed E-state index contributed by atoms with van der Waals surface area (Å²) < 4.78 is 11.2. The molecule has 0 saturated carbocycles. The van der Waals surface area contributed by atoms with E-state index in [4.69, 9.17) is 9.15 Å². The van der Waals surface area contributed by atoms with Gasteiger partial charge in [0.1, 0.15) is 5.75 Å². The summed E-state index contributed by atoms with van der Waals surface area (Å²) in [4.78, 5) is 13.0. The Morgan fingerprint density at radius 3 is 2.34 bits per heavy atom. The van der Waals surface area contributed by atoms with Crippen molar-refractivity contribution < 1.29 is 13.9 Å². The van der Waals surface area contributed by atoms with Gasteiger partial charge in [-0.3, -0.25) is 4.79 Å². The number of nitrogens with one attached hydrogen (secondary N) is 1. The van der Waals surface area contributed by atoms with Crippen LogP contribution in [0.2, 0.25) is 0 Å². The first-order valence-corrected chi connectivity index (χ1v) is 9.15. The Balaban J connectivity index is 1.56. The minimum atomic E-state index is -0.799. The van der Waals surface area contributed by atoms with E-state index in [-0.39, 0.29) is 5.91 Å². The molecule has 0 fully saturated rings. The molecule has 4 aromatic rings. The highest BCUT2D eigenvalue weighted by Crippen LogP contribution is 2.26. The maximum absolute atomic E-state index is 13.0. The van der Waals surface area contributed by atoms with E-state index in [2.05, 4.69) is 15.5 Å². The van der Waals surface area contributed by atoms with Crippen LogP contribution in [0.3, 0.4) is 0 Å². The average Bonchev–Trinajstić information content (AvgIpc) is 3.29. The highest BCUT2D eigenvalue weighted by molar-refractivity contribution is 5.95. The number of benzene rings is 3. The van der Waals surface area contributed by atoms with Crippen molar-refractivity contribution in [2.45, 2.75) is 13.0 Å². The number of aryl methyl sites for hydroxylation is 1. The van der Waals surface area contributed by atoms with Gasteiger partial charge < -0.3 is 14.5 Å². The molecule has 1 heterocycles. The largest absolute Gasteiger partial charge is 0.476 e. The topological polar surface area (TPSA) is 77.2 Å². The lowest BCUT2D eigenvalue weighted by Crippen LogP contribution is -2.25. The summed E-state index contributed by atoms with van der Waals surface area (Å²) in [5.74, 6) is 0.732. The monoisotopic (exact) mass is 385 g/mol. The Labute approximate surface area is 168 Å². The number of aromatic nitrogens is 2. The van der Waals surface area contributed by atoms with Crippen molar-refractivity contribution in [3.05, 3.63) is 96.4 Å². The molecule has 0 aliphatic heterocycles. The van der Waals surface area contributed by atoms with E-state index in [1.807, 2.05) is 73.7 Å². The van der Waals surface area contributed by atoms with Gasteiger partial charge in [0.05, 0.1) is 0 Å². The standard InChI is InChI=1S/C23H19N3O3/c1-16-7-11-19(12-8-16)25-22(27)21(17-5-3-2-4-6-17)29-20-13-9-18(10-14-20)23-26-24-15-28-23/h2-15,21H,1H3,(H,25,27)/t21-/m1/s1. The van der Waals surface area contributed by atoms with Crippen molar-refractivity contribution in [2.24, 2.45) is 0 Å². The van der Waals surface area contributed by atoms with E-state index in [0.29, 0.717) is 11.6 Å². The van der Waals surface area contributed by atoms with Crippen molar-refractivity contribution in [3.8, 4) is 17.2 Å². The number of hydrogen-bond donors (Lipinski definition) is 1. The molecule has 144 valence electrons. The van der Waals surface area contributed by atoms with E-state index in [0.717, 1.165) is 22.4 Å². The zero-order valence-electron chi connectivity index (χ0n) is 15.8. The second-order valence-electron chi connectivity index (χ2n) is 6.53. The SMILES string of the molecule is Cc1ccc(NC(=O)[C@H](Oc2ccc(-c3nnco3)cc2)c2ccccc2)cc1. The molecule has 3 aromatic carbocycles.